The Morgan fingerprint density at radius 3 is 1.79 bits per heavy atom. The molecular formula is C18H12N6. The van der Waals surface area contributed by atoms with E-state index in [9.17, 15) is 0 Å². The second kappa shape index (κ2) is 6.91. The molecule has 0 aliphatic heterocycles. The maximum absolute atomic E-state index is 8.81. The van der Waals surface area contributed by atoms with Gasteiger partial charge in [-0.15, -0.1) is 0 Å². The highest BCUT2D eigenvalue weighted by Crippen LogP contribution is 2.18. The minimum Gasteiger partial charge on any atom is -0.340 e. The van der Waals surface area contributed by atoms with Crippen molar-refractivity contribution in [3.8, 4) is 12.1 Å². The van der Waals surface area contributed by atoms with Crippen LogP contribution in [-0.2, 0) is 0 Å². The molecule has 114 valence electrons. The van der Waals surface area contributed by atoms with Crippen LogP contribution in [0.2, 0.25) is 0 Å². The Hall–Kier alpha value is -3.90. The smallest absolute Gasteiger partial charge is 0.229 e. The molecule has 6 nitrogen and oxygen atoms in total. The number of nitriles is 2. The minimum absolute atomic E-state index is 0.443. The zero-order valence-corrected chi connectivity index (χ0v) is 12.6. The third-order valence-corrected chi connectivity index (χ3v) is 3.21. The van der Waals surface area contributed by atoms with Gasteiger partial charge in [0, 0.05) is 17.6 Å². The van der Waals surface area contributed by atoms with Gasteiger partial charge in [0.2, 0.25) is 5.95 Å². The van der Waals surface area contributed by atoms with E-state index in [4.69, 9.17) is 10.5 Å². The van der Waals surface area contributed by atoms with Crippen molar-refractivity contribution in [2.24, 2.45) is 0 Å². The predicted octanol–water partition coefficient (Wildman–Crippen LogP) is 3.71. The Morgan fingerprint density at radius 1 is 0.708 bits per heavy atom. The van der Waals surface area contributed by atoms with E-state index >= 15 is 0 Å². The van der Waals surface area contributed by atoms with Crippen LogP contribution in [0.1, 0.15) is 11.1 Å². The molecule has 0 atom stereocenters. The van der Waals surface area contributed by atoms with Gasteiger partial charge in [0.15, 0.2) is 0 Å². The zero-order chi connectivity index (χ0) is 16.8. The first-order valence-corrected chi connectivity index (χ1v) is 7.14. The molecule has 0 spiro atoms. The van der Waals surface area contributed by atoms with Crippen molar-refractivity contribution >= 4 is 23.1 Å². The largest absolute Gasteiger partial charge is 0.340 e. The molecule has 1 heterocycles. The predicted molar refractivity (Wildman–Crippen MR) is 90.9 cm³/mol. The lowest BCUT2D eigenvalue weighted by atomic mass is 10.2. The van der Waals surface area contributed by atoms with E-state index in [2.05, 4.69) is 32.7 Å². The molecule has 0 unspecified atom stereocenters. The van der Waals surface area contributed by atoms with Crippen molar-refractivity contribution in [2.45, 2.75) is 0 Å². The second-order valence-corrected chi connectivity index (χ2v) is 4.89. The lowest BCUT2D eigenvalue weighted by molar-refractivity contribution is 1.17. The van der Waals surface area contributed by atoms with Gasteiger partial charge in [-0.3, -0.25) is 0 Å². The highest BCUT2D eigenvalue weighted by Gasteiger charge is 2.02. The Kier molecular flexibility index (Phi) is 4.32. The third-order valence-electron chi connectivity index (χ3n) is 3.21. The van der Waals surface area contributed by atoms with Gasteiger partial charge in [-0.1, -0.05) is 0 Å². The quantitative estimate of drug-likeness (QED) is 0.762. The van der Waals surface area contributed by atoms with Crippen molar-refractivity contribution in [1.82, 2.24) is 9.97 Å². The number of nitrogens with one attached hydrogen (secondary N) is 2. The highest BCUT2D eigenvalue weighted by molar-refractivity contribution is 5.60. The first-order chi connectivity index (χ1) is 11.8. The summed E-state index contributed by atoms with van der Waals surface area (Å²) in [5.41, 5.74) is 2.82. The molecule has 0 aliphatic rings. The first kappa shape index (κ1) is 15.0. The number of anilines is 4. The molecule has 0 bridgehead atoms. The van der Waals surface area contributed by atoms with Gasteiger partial charge in [-0.25, -0.2) is 4.98 Å². The Morgan fingerprint density at radius 2 is 1.25 bits per heavy atom. The summed E-state index contributed by atoms with van der Waals surface area (Å²) in [5.74, 6) is 1.07. The molecule has 1 aromatic heterocycles. The highest BCUT2D eigenvalue weighted by atomic mass is 15.1. The van der Waals surface area contributed by atoms with Gasteiger partial charge >= 0.3 is 0 Å². The van der Waals surface area contributed by atoms with Crippen molar-refractivity contribution in [3.05, 3.63) is 71.9 Å². The minimum atomic E-state index is 0.443. The molecule has 0 aliphatic carbocycles. The summed E-state index contributed by atoms with van der Waals surface area (Å²) in [6, 6.07) is 20.0. The summed E-state index contributed by atoms with van der Waals surface area (Å²) in [6.45, 7) is 0. The number of hydrogen-bond donors (Lipinski definition) is 2. The number of aromatic nitrogens is 2. The Balaban J connectivity index is 1.73. The summed E-state index contributed by atoms with van der Waals surface area (Å²) in [5, 5.41) is 23.9. The molecule has 3 rings (SSSR count). The fraction of sp³-hybridized carbons (Fsp3) is 0. The van der Waals surface area contributed by atoms with Crippen LogP contribution in [-0.4, -0.2) is 9.97 Å². The topological polar surface area (TPSA) is 97.4 Å². The number of nitrogens with zero attached hydrogens (tertiary/aromatic N) is 4. The third kappa shape index (κ3) is 3.65. The number of benzene rings is 2. The first-order valence-electron chi connectivity index (χ1n) is 7.14. The zero-order valence-electron chi connectivity index (χ0n) is 12.6. The molecule has 0 amide bonds. The molecule has 0 fully saturated rings. The average molecular weight is 312 g/mol. The fourth-order valence-electron chi connectivity index (χ4n) is 2.02. The second-order valence-electron chi connectivity index (χ2n) is 4.89. The van der Waals surface area contributed by atoms with Crippen molar-refractivity contribution in [1.29, 1.82) is 10.5 Å². The summed E-state index contributed by atoms with van der Waals surface area (Å²) in [7, 11) is 0. The van der Waals surface area contributed by atoms with Crippen LogP contribution in [0, 0.1) is 22.7 Å². The van der Waals surface area contributed by atoms with E-state index in [0.29, 0.717) is 22.9 Å². The maximum Gasteiger partial charge on any atom is 0.229 e. The lowest BCUT2D eigenvalue weighted by Crippen LogP contribution is -2.00. The maximum atomic E-state index is 8.81. The van der Waals surface area contributed by atoms with E-state index < -0.39 is 0 Å². The van der Waals surface area contributed by atoms with Crippen molar-refractivity contribution in [2.75, 3.05) is 10.6 Å². The summed E-state index contributed by atoms with van der Waals surface area (Å²) >= 11 is 0. The van der Waals surface area contributed by atoms with Crippen LogP contribution >= 0.6 is 0 Å². The van der Waals surface area contributed by atoms with Gasteiger partial charge in [0.25, 0.3) is 0 Å². The van der Waals surface area contributed by atoms with Crippen LogP contribution in [0.25, 0.3) is 0 Å². The van der Waals surface area contributed by atoms with Crippen LogP contribution in [0.5, 0.6) is 0 Å². The van der Waals surface area contributed by atoms with Crippen LogP contribution in [0.15, 0.2) is 60.8 Å². The molecule has 3 aromatic rings. The van der Waals surface area contributed by atoms with E-state index in [1.54, 1.807) is 48.7 Å². The summed E-state index contributed by atoms with van der Waals surface area (Å²) in [6.07, 6.45) is 1.64. The summed E-state index contributed by atoms with van der Waals surface area (Å²) < 4.78 is 0. The lowest BCUT2D eigenvalue weighted by Gasteiger charge is -2.08. The van der Waals surface area contributed by atoms with Crippen molar-refractivity contribution < 1.29 is 0 Å². The van der Waals surface area contributed by atoms with Crippen LogP contribution < -0.4 is 10.6 Å². The van der Waals surface area contributed by atoms with E-state index in [1.165, 1.54) is 0 Å². The summed E-state index contributed by atoms with van der Waals surface area (Å²) in [4.78, 5) is 8.56. The monoisotopic (exact) mass is 312 g/mol. The molecule has 0 radical (unpaired) electrons. The van der Waals surface area contributed by atoms with Crippen LogP contribution in [0.4, 0.5) is 23.1 Å². The molecule has 0 saturated heterocycles. The standard InChI is InChI=1S/C18H12N6/c19-11-13-1-5-15(6-2-13)22-17-9-10-21-18(24-17)23-16-7-3-14(12-20)4-8-16/h1-10H,(H2,21,22,23,24). The van der Waals surface area contributed by atoms with Gasteiger partial charge in [0.1, 0.15) is 5.82 Å². The molecular weight excluding hydrogens is 300 g/mol. The van der Waals surface area contributed by atoms with Gasteiger partial charge in [0.05, 0.1) is 23.3 Å². The molecule has 0 saturated carbocycles. The molecule has 2 N–H and O–H groups in total. The van der Waals surface area contributed by atoms with Gasteiger partial charge < -0.3 is 10.6 Å². The van der Waals surface area contributed by atoms with Crippen molar-refractivity contribution in [3.63, 3.8) is 0 Å². The van der Waals surface area contributed by atoms with E-state index in [0.717, 1.165) is 11.4 Å². The van der Waals surface area contributed by atoms with Gasteiger partial charge in [-0.05, 0) is 54.6 Å². The Labute approximate surface area is 139 Å². The normalized spacial score (nSPS) is 9.58. The molecule has 2 aromatic carbocycles. The average Bonchev–Trinajstić information content (AvgIpc) is 2.63. The van der Waals surface area contributed by atoms with E-state index in [1.807, 2.05) is 12.1 Å². The van der Waals surface area contributed by atoms with Gasteiger partial charge in [-0.2, -0.15) is 15.5 Å². The number of rotatable bonds is 4. The molecule has 6 heteroatoms. The number of hydrogen-bond acceptors (Lipinski definition) is 6. The molecule has 24 heavy (non-hydrogen) atoms. The van der Waals surface area contributed by atoms with E-state index in [-0.39, 0.29) is 0 Å². The fourth-order valence-corrected chi connectivity index (χ4v) is 2.02. The van der Waals surface area contributed by atoms with Crippen LogP contribution in [0.3, 0.4) is 0 Å². The SMILES string of the molecule is N#Cc1ccc(Nc2ccnc(Nc3ccc(C#N)cc3)n2)cc1. The Bertz CT molecular complexity index is 843.